The summed E-state index contributed by atoms with van der Waals surface area (Å²) in [6.45, 7) is 2.77. The molecule has 3 aliphatic rings. The summed E-state index contributed by atoms with van der Waals surface area (Å²) in [4.78, 5) is 55.3. The minimum Gasteiger partial charge on any atom is -0.484 e. The molecule has 6 rings (SSSR count). The Balaban J connectivity index is 1.09. The van der Waals surface area contributed by atoms with E-state index in [9.17, 15) is 19.2 Å². The largest absolute Gasteiger partial charge is 0.484 e. The van der Waals surface area contributed by atoms with Crippen molar-refractivity contribution in [2.75, 3.05) is 19.7 Å². The SMILES string of the molecule is C[C@H](NC(=O)c1ncon1)[C@H](Oc1ccc(C(=O)O[C@H]2CCCN(C(=O)[C@H]3COC(=O)C3)C2)cc1)c1ccc(C2CC2)cc1. The molecule has 230 valence electrons. The lowest BCUT2D eigenvalue weighted by Gasteiger charge is -2.33. The van der Waals surface area contributed by atoms with E-state index in [1.54, 1.807) is 29.2 Å². The van der Waals surface area contributed by atoms with Gasteiger partial charge in [0.05, 0.1) is 30.5 Å². The van der Waals surface area contributed by atoms with Crippen LogP contribution in [-0.2, 0) is 19.1 Å². The standard InChI is InChI=1S/C32H34N4O8/c1-19(34-30(38)29-33-18-42-35-29)28(22-8-6-21(7-9-22)20-4-5-20)43-25-12-10-23(11-13-25)32(40)44-26-3-2-14-36(16-26)31(39)24-15-27(37)41-17-24/h6-13,18-20,24,26,28H,2-5,14-17H2,1H3,(H,34,38)/t19-,24+,26-,28-/m0/s1. The third-order valence-electron chi connectivity index (χ3n) is 8.22. The second kappa shape index (κ2) is 12.9. The lowest BCUT2D eigenvalue weighted by Crippen LogP contribution is -2.46. The minimum absolute atomic E-state index is 0.0735. The normalized spacial score (nSPS) is 21.2. The number of ether oxygens (including phenoxy) is 3. The van der Waals surface area contributed by atoms with Crippen molar-refractivity contribution in [3.05, 3.63) is 77.4 Å². The number of cyclic esters (lactones) is 1. The lowest BCUT2D eigenvalue weighted by molar-refractivity contribution is -0.139. The van der Waals surface area contributed by atoms with E-state index in [2.05, 4.69) is 27.6 Å². The van der Waals surface area contributed by atoms with Gasteiger partial charge in [0.25, 0.3) is 11.7 Å². The van der Waals surface area contributed by atoms with Crippen LogP contribution < -0.4 is 10.1 Å². The van der Waals surface area contributed by atoms with E-state index < -0.39 is 36.0 Å². The molecule has 3 fully saturated rings. The number of aromatic nitrogens is 2. The number of nitrogens with zero attached hydrogens (tertiary/aromatic N) is 3. The van der Waals surface area contributed by atoms with Crippen LogP contribution in [-0.4, -0.2) is 70.6 Å². The maximum Gasteiger partial charge on any atom is 0.338 e. The summed E-state index contributed by atoms with van der Waals surface area (Å²) in [7, 11) is 0. The minimum atomic E-state index is -0.553. The Morgan fingerprint density at radius 3 is 2.48 bits per heavy atom. The number of carbonyl (C=O) groups is 4. The number of nitrogens with one attached hydrogen (secondary N) is 1. The van der Waals surface area contributed by atoms with Gasteiger partial charge in [-0.15, -0.1) is 0 Å². The number of likely N-dealkylation sites (tertiary alicyclic amines) is 1. The molecule has 1 aromatic heterocycles. The zero-order valence-electron chi connectivity index (χ0n) is 24.3. The molecule has 2 amide bonds. The molecule has 2 aromatic carbocycles. The van der Waals surface area contributed by atoms with Gasteiger partial charge in [0.15, 0.2) is 0 Å². The number of carbonyl (C=O) groups excluding carboxylic acids is 4. The first kappa shape index (κ1) is 29.3. The van der Waals surface area contributed by atoms with E-state index in [-0.39, 0.29) is 37.3 Å². The van der Waals surface area contributed by atoms with Crippen LogP contribution in [0.25, 0.3) is 0 Å². The van der Waals surface area contributed by atoms with E-state index in [1.165, 1.54) is 18.4 Å². The predicted octanol–water partition coefficient (Wildman–Crippen LogP) is 3.60. The zero-order valence-corrected chi connectivity index (χ0v) is 24.3. The van der Waals surface area contributed by atoms with Crippen LogP contribution in [0.3, 0.4) is 0 Å². The first-order valence-corrected chi connectivity index (χ1v) is 14.9. The summed E-state index contributed by atoms with van der Waals surface area (Å²) in [5, 5.41) is 6.49. The first-order valence-electron chi connectivity index (χ1n) is 14.9. The van der Waals surface area contributed by atoms with Gasteiger partial charge in [-0.3, -0.25) is 14.4 Å². The molecule has 1 N–H and O–H groups in total. The smallest absolute Gasteiger partial charge is 0.338 e. The lowest BCUT2D eigenvalue weighted by atomic mass is 10.00. The van der Waals surface area contributed by atoms with Crippen LogP contribution >= 0.6 is 0 Å². The molecule has 12 heteroatoms. The number of benzene rings is 2. The number of hydrogen-bond acceptors (Lipinski definition) is 10. The second-order valence-electron chi connectivity index (χ2n) is 11.6. The summed E-state index contributed by atoms with van der Waals surface area (Å²) in [5.74, 6) is -0.926. The van der Waals surface area contributed by atoms with Crippen LogP contribution in [0.2, 0.25) is 0 Å². The Bertz CT molecular complexity index is 1490. The van der Waals surface area contributed by atoms with Crippen LogP contribution in [0.5, 0.6) is 5.75 Å². The van der Waals surface area contributed by atoms with Crippen molar-refractivity contribution in [2.24, 2.45) is 5.92 Å². The highest BCUT2D eigenvalue weighted by Crippen LogP contribution is 2.40. The molecule has 2 aliphatic heterocycles. The summed E-state index contributed by atoms with van der Waals surface area (Å²) in [6, 6.07) is 14.4. The monoisotopic (exact) mass is 602 g/mol. The van der Waals surface area contributed by atoms with Gasteiger partial charge in [0.1, 0.15) is 24.6 Å². The molecule has 4 atom stereocenters. The average molecular weight is 603 g/mol. The van der Waals surface area contributed by atoms with Crippen molar-refractivity contribution in [2.45, 2.75) is 63.2 Å². The Labute approximate surface area is 254 Å². The number of hydrogen-bond donors (Lipinski definition) is 1. The molecular weight excluding hydrogens is 568 g/mol. The van der Waals surface area contributed by atoms with Crippen molar-refractivity contribution in [1.29, 1.82) is 0 Å². The van der Waals surface area contributed by atoms with E-state index in [1.807, 2.05) is 19.1 Å². The molecule has 12 nitrogen and oxygen atoms in total. The Kier molecular flexibility index (Phi) is 8.58. The van der Waals surface area contributed by atoms with E-state index in [0.29, 0.717) is 36.6 Å². The molecule has 0 spiro atoms. The summed E-state index contributed by atoms with van der Waals surface area (Å²) >= 11 is 0. The predicted molar refractivity (Wildman–Crippen MR) is 154 cm³/mol. The van der Waals surface area contributed by atoms with Crippen molar-refractivity contribution in [3.8, 4) is 5.75 Å². The molecular formula is C32H34N4O8. The molecule has 1 saturated carbocycles. The molecule has 0 unspecified atom stereocenters. The van der Waals surface area contributed by atoms with Gasteiger partial charge in [-0.25, -0.2) is 4.79 Å². The van der Waals surface area contributed by atoms with Gasteiger partial charge in [-0.05, 0) is 73.9 Å². The molecule has 0 radical (unpaired) electrons. The van der Waals surface area contributed by atoms with Crippen LogP contribution in [0.4, 0.5) is 0 Å². The molecule has 44 heavy (non-hydrogen) atoms. The third kappa shape index (κ3) is 6.90. The maximum absolute atomic E-state index is 13.0. The summed E-state index contributed by atoms with van der Waals surface area (Å²) in [6.07, 6.45) is 3.92. The van der Waals surface area contributed by atoms with E-state index in [4.69, 9.17) is 18.7 Å². The van der Waals surface area contributed by atoms with Gasteiger partial charge in [-0.1, -0.05) is 29.4 Å². The maximum atomic E-state index is 13.0. The average Bonchev–Trinajstić information content (AvgIpc) is 3.55. The fourth-order valence-corrected chi connectivity index (χ4v) is 5.65. The topological polar surface area (TPSA) is 150 Å². The quantitative estimate of drug-likeness (QED) is 0.341. The van der Waals surface area contributed by atoms with Gasteiger partial charge >= 0.3 is 11.9 Å². The van der Waals surface area contributed by atoms with Crippen molar-refractivity contribution >= 4 is 23.8 Å². The fraction of sp³-hybridized carbons (Fsp3) is 0.438. The van der Waals surface area contributed by atoms with E-state index in [0.717, 1.165) is 12.0 Å². The van der Waals surface area contributed by atoms with Crippen LogP contribution in [0, 0.1) is 5.92 Å². The highest BCUT2D eigenvalue weighted by Gasteiger charge is 2.36. The summed E-state index contributed by atoms with van der Waals surface area (Å²) < 4.78 is 21.7. The molecule has 0 bridgehead atoms. The fourth-order valence-electron chi connectivity index (χ4n) is 5.65. The van der Waals surface area contributed by atoms with Gasteiger partial charge in [0.2, 0.25) is 12.3 Å². The third-order valence-corrected chi connectivity index (χ3v) is 8.22. The molecule has 2 saturated heterocycles. The van der Waals surface area contributed by atoms with Crippen molar-refractivity contribution < 1.29 is 37.9 Å². The number of amides is 2. The first-order chi connectivity index (χ1) is 21.3. The number of rotatable bonds is 10. The molecule has 3 aromatic rings. The Hall–Kier alpha value is -4.74. The van der Waals surface area contributed by atoms with Gasteiger partial charge in [-0.2, -0.15) is 4.98 Å². The van der Waals surface area contributed by atoms with Crippen molar-refractivity contribution in [3.63, 3.8) is 0 Å². The van der Waals surface area contributed by atoms with Gasteiger partial charge < -0.3 is 29.0 Å². The second-order valence-corrected chi connectivity index (χ2v) is 11.6. The zero-order chi connectivity index (χ0) is 30.6. The van der Waals surface area contributed by atoms with Gasteiger partial charge in [0, 0.05) is 6.54 Å². The number of piperidine rings is 1. The van der Waals surface area contributed by atoms with Crippen LogP contribution in [0.15, 0.2) is 59.4 Å². The summed E-state index contributed by atoms with van der Waals surface area (Å²) in [5.41, 5.74) is 2.51. The van der Waals surface area contributed by atoms with Crippen LogP contribution in [0.1, 0.15) is 83.2 Å². The Morgan fingerprint density at radius 1 is 1.05 bits per heavy atom. The highest BCUT2D eigenvalue weighted by atomic mass is 16.5. The highest BCUT2D eigenvalue weighted by molar-refractivity contribution is 5.90. The van der Waals surface area contributed by atoms with Crippen molar-refractivity contribution in [1.82, 2.24) is 20.4 Å². The molecule has 1 aliphatic carbocycles. The Morgan fingerprint density at radius 2 is 1.82 bits per heavy atom. The number of esters is 2. The molecule has 3 heterocycles. The van der Waals surface area contributed by atoms with E-state index >= 15 is 0 Å².